The van der Waals surface area contributed by atoms with E-state index in [1.165, 1.54) is 0 Å². The second-order valence-electron chi connectivity index (χ2n) is 5.69. The van der Waals surface area contributed by atoms with Crippen molar-refractivity contribution < 1.29 is 8.94 Å². The summed E-state index contributed by atoms with van der Waals surface area (Å²) in [4.78, 5) is 4.44. The molecule has 19 heavy (non-hydrogen) atoms. The summed E-state index contributed by atoms with van der Waals surface area (Å²) in [5.41, 5.74) is 6.97. The summed E-state index contributed by atoms with van der Waals surface area (Å²) in [6.07, 6.45) is 5.66. The Morgan fingerprint density at radius 3 is 2.74 bits per heavy atom. The molecule has 2 N–H and O–H groups in total. The third-order valence-electron chi connectivity index (χ3n) is 4.09. The highest BCUT2D eigenvalue weighted by Crippen LogP contribution is 2.36. The summed E-state index contributed by atoms with van der Waals surface area (Å²) in [7, 11) is 0. The van der Waals surface area contributed by atoms with Crippen LogP contribution in [0.4, 0.5) is 0 Å². The van der Waals surface area contributed by atoms with Crippen molar-refractivity contribution in [3.8, 4) is 11.7 Å². The molecule has 0 saturated heterocycles. The van der Waals surface area contributed by atoms with Gasteiger partial charge in [0.15, 0.2) is 11.6 Å². The number of nitrogens with two attached hydrogens (primary N) is 1. The summed E-state index contributed by atoms with van der Waals surface area (Å²) in [6, 6.07) is 1.87. The average Bonchev–Trinajstić information content (AvgIpc) is 3.01. The van der Waals surface area contributed by atoms with E-state index in [4.69, 9.17) is 14.7 Å². The van der Waals surface area contributed by atoms with Crippen LogP contribution in [0.5, 0.6) is 0 Å². The minimum atomic E-state index is -0.450. The van der Waals surface area contributed by atoms with Crippen LogP contribution in [0.25, 0.3) is 11.7 Å². The standard InChI is InChI=1S/C14H19N3O2/c1-9-3-6-14(15,7-4-9)13-16-12(19-17-13)11-10(2)5-8-18-11/h5,8-9H,3-4,6-7,15H2,1-2H3. The number of nitrogens with zero attached hydrogens (tertiary/aromatic N) is 2. The Balaban J connectivity index is 1.87. The molecule has 0 radical (unpaired) electrons. The van der Waals surface area contributed by atoms with E-state index in [9.17, 15) is 0 Å². The maximum Gasteiger partial charge on any atom is 0.293 e. The van der Waals surface area contributed by atoms with Gasteiger partial charge in [-0.25, -0.2) is 0 Å². The molecule has 102 valence electrons. The molecule has 0 atom stereocenters. The molecule has 3 rings (SSSR count). The van der Waals surface area contributed by atoms with Crippen molar-refractivity contribution in [3.63, 3.8) is 0 Å². The van der Waals surface area contributed by atoms with E-state index in [0.717, 1.165) is 37.2 Å². The predicted molar refractivity (Wildman–Crippen MR) is 70.2 cm³/mol. The van der Waals surface area contributed by atoms with Crippen LogP contribution in [0.15, 0.2) is 21.3 Å². The summed E-state index contributed by atoms with van der Waals surface area (Å²) >= 11 is 0. The summed E-state index contributed by atoms with van der Waals surface area (Å²) in [5.74, 6) is 2.38. The van der Waals surface area contributed by atoms with Crippen molar-refractivity contribution in [3.05, 3.63) is 23.7 Å². The Bertz CT molecular complexity index is 565. The van der Waals surface area contributed by atoms with Gasteiger partial charge < -0.3 is 14.7 Å². The Hall–Kier alpha value is -1.62. The first-order valence-corrected chi connectivity index (χ1v) is 6.76. The number of aryl methyl sites for hydroxylation is 1. The zero-order chi connectivity index (χ0) is 13.5. The Kier molecular flexibility index (Phi) is 2.93. The lowest BCUT2D eigenvalue weighted by molar-refractivity contribution is 0.230. The van der Waals surface area contributed by atoms with E-state index in [-0.39, 0.29) is 0 Å². The lowest BCUT2D eigenvalue weighted by atomic mass is 9.77. The zero-order valence-corrected chi connectivity index (χ0v) is 11.3. The van der Waals surface area contributed by atoms with Crippen molar-refractivity contribution in [2.75, 3.05) is 0 Å². The molecule has 0 bridgehead atoms. The molecule has 2 aromatic rings. The summed E-state index contributed by atoms with van der Waals surface area (Å²) < 4.78 is 10.7. The minimum absolute atomic E-state index is 0.418. The van der Waals surface area contributed by atoms with Crippen LogP contribution in [-0.4, -0.2) is 10.1 Å². The molecule has 0 unspecified atom stereocenters. The van der Waals surface area contributed by atoms with Crippen molar-refractivity contribution in [2.45, 2.75) is 45.1 Å². The number of hydrogen-bond donors (Lipinski definition) is 1. The van der Waals surface area contributed by atoms with E-state index >= 15 is 0 Å². The second-order valence-corrected chi connectivity index (χ2v) is 5.69. The fourth-order valence-corrected chi connectivity index (χ4v) is 2.61. The first kappa shape index (κ1) is 12.4. The van der Waals surface area contributed by atoms with E-state index in [1.54, 1.807) is 6.26 Å². The maximum absolute atomic E-state index is 6.43. The van der Waals surface area contributed by atoms with Crippen LogP contribution < -0.4 is 5.73 Å². The van der Waals surface area contributed by atoms with Crippen LogP contribution >= 0.6 is 0 Å². The molecule has 1 aliphatic rings. The van der Waals surface area contributed by atoms with Gasteiger partial charge in [0.2, 0.25) is 0 Å². The Morgan fingerprint density at radius 2 is 2.11 bits per heavy atom. The number of rotatable bonds is 2. The van der Waals surface area contributed by atoms with Gasteiger partial charge in [-0.1, -0.05) is 12.1 Å². The molecule has 2 heterocycles. The molecule has 0 aliphatic heterocycles. The average molecular weight is 261 g/mol. The van der Waals surface area contributed by atoms with Crippen LogP contribution in [-0.2, 0) is 5.54 Å². The Morgan fingerprint density at radius 1 is 1.37 bits per heavy atom. The molecule has 1 aliphatic carbocycles. The maximum atomic E-state index is 6.43. The topological polar surface area (TPSA) is 78.1 Å². The van der Waals surface area contributed by atoms with Crippen LogP contribution in [0, 0.1) is 12.8 Å². The van der Waals surface area contributed by atoms with Crippen LogP contribution in [0.2, 0.25) is 0 Å². The van der Waals surface area contributed by atoms with Crippen molar-refractivity contribution >= 4 is 0 Å². The fraction of sp³-hybridized carbons (Fsp3) is 0.571. The van der Waals surface area contributed by atoms with E-state index in [2.05, 4.69) is 17.1 Å². The normalized spacial score (nSPS) is 27.6. The lowest BCUT2D eigenvalue weighted by Gasteiger charge is -2.33. The first-order chi connectivity index (χ1) is 9.08. The van der Waals surface area contributed by atoms with E-state index < -0.39 is 5.54 Å². The van der Waals surface area contributed by atoms with Crippen molar-refractivity contribution in [2.24, 2.45) is 11.7 Å². The molecule has 5 nitrogen and oxygen atoms in total. The van der Waals surface area contributed by atoms with Gasteiger partial charge in [-0.05, 0) is 44.6 Å². The fourth-order valence-electron chi connectivity index (χ4n) is 2.61. The largest absolute Gasteiger partial charge is 0.459 e. The number of aromatic nitrogens is 2. The highest BCUT2D eigenvalue weighted by atomic mass is 16.5. The number of furan rings is 1. The van der Waals surface area contributed by atoms with E-state index in [0.29, 0.717) is 17.5 Å². The third-order valence-corrected chi connectivity index (χ3v) is 4.09. The first-order valence-electron chi connectivity index (χ1n) is 6.76. The predicted octanol–water partition coefficient (Wildman–Crippen LogP) is 3.00. The van der Waals surface area contributed by atoms with Gasteiger partial charge in [0.25, 0.3) is 5.89 Å². The smallest absolute Gasteiger partial charge is 0.293 e. The van der Waals surface area contributed by atoms with Gasteiger partial charge in [0.05, 0.1) is 11.8 Å². The highest BCUT2D eigenvalue weighted by Gasteiger charge is 2.36. The van der Waals surface area contributed by atoms with Gasteiger partial charge in [-0.2, -0.15) is 4.98 Å². The number of hydrogen-bond acceptors (Lipinski definition) is 5. The quantitative estimate of drug-likeness (QED) is 0.899. The monoisotopic (exact) mass is 261 g/mol. The van der Waals surface area contributed by atoms with Crippen molar-refractivity contribution in [1.82, 2.24) is 10.1 Å². The third kappa shape index (κ3) is 2.18. The van der Waals surface area contributed by atoms with Gasteiger partial charge in [-0.15, -0.1) is 0 Å². The molecule has 0 aromatic carbocycles. The SMILES string of the molecule is Cc1ccoc1-c1nc(C2(N)CCC(C)CC2)no1. The van der Waals surface area contributed by atoms with Gasteiger partial charge >= 0.3 is 0 Å². The Labute approximate surface area is 112 Å². The summed E-state index contributed by atoms with van der Waals surface area (Å²) in [6.45, 7) is 4.21. The molecule has 5 heteroatoms. The van der Waals surface area contributed by atoms with Crippen LogP contribution in [0.1, 0.15) is 44.0 Å². The highest BCUT2D eigenvalue weighted by molar-refractivity contribution is 5.49. The van der Waals surface area contributed by atoms with E-state index in [1.807, 2.05) is 13.0 Å². The van der Waals surface area contributed by atoms with Gasteiger partial charge in [0.1, 0.15) is 0 Å². The van der Waals surface area contributed by atoms with Gasteiger partial charge in [-0.3, -0.25) is 0 Å². The van der Waals surface area contributed by atoms with Crippen LogP contribution in [0.3, 0.4) is 0 Å². The molecule has 2 aromatic heterocycles. The molecular weight excluding hydrogens is 242 g/mol. The summed E-state index contributed by atoms with van der Waals surface area (Å²) in [5, 5.41) is 4.06. The molecular formula is C14H19N3O2. The minimum Gasteiger partial charge on any atom is -0.459 e. The molecule has 1 saturated carbocycles. The second kappa shape index (κ2) is 4.49. The molecule has 0 spiro atoms. The van der Waals surface area contributed by atoms with Gasteiger partial charge in [0, 0.05) is 5.56 Å². The lowest BCUT2D eigenvalue weighted by Crippen LogP contribution is -2.41. The molecule has 1 fully saturated rings. The van der Waals surface area contributed by atoms with Crippen molar-refractivity contribution in [1.29, 1.82) is 0 Å². The zero-order valence-electron chi connectivity index (χ0n) is 11.3. The molecule has 0 amide bonds.